The Bertz CT molecular complexity index is 988. The number of methoxy groups -OCH3 is 1. The number of carboxylic acid groups (broad SMARTS) is 1. The number of Topliss-reactive ketones (excluding diaryl/α,β-unsaturated/α-hetero) is 1. The molecule has 0 radical (unpaired) electrons. The summed E-state index contributed by atoms with van der Waals surface area (Å²) in [5, 5.41) is 25.6. The molecule has 0 saturated carbocycles. The fourth-order valence-corrected chi connectivity index (χ4v) is 3.65. The molecule has 0 aliphatic heterocycles. The van der Waals surface area contributed by atoms with Crippen LogP contribution in [0.4, 0.5) is 5.69 Å². The first kappa shape index (κ1) is 25.9. The number of aliphatic carboxylic acids is 1. The van der Waals surface area contributed by atoms with Crippen molar-refractivity contribution in [2.45, 2.75) is 51.1 Å². The molecule has 8 nitrogen and oxygen atoms in total. The molecule has 1 unspecified atom stereocenters. The van der Waals surface area contributed by atoms with Crippen LogP contribution in [0.25, 0.3) is 0 Å². The Morgan fingerprint density at radius 1 is 1.06 bits per heavy atom. The average Bonchev–Trinajstić information content (AvgIpc) is 2.77. The summed E-state index contributed by atoms with van der Waals surface area (Å²) < 4.78 is 4.72. The average molecular weight is 457 g/mol. The Morgan fingerprint density at radius 3 is 2.33 bits per heavy atom. The van der Waals surface area contributed by atoms with Crippen LogP contribution in [0.1, 0.15) is 49.5 Å². The van der Waals surface area contributed by atoms with E-state index in [2.05, 4.69) is 10.6 Å². The van der Waals surface area contributed by atoms with E-state index in [1.807, 2.05) is 26.0 Å². The fraction of sp³-hybridized carbons (Fsp3) is 0.400. The van der Waals surface area contributed by atoms with Crippen LogP contribution >= 0.6 is 0 Å². The summed E-state index contributed by atoms with van der Waals surface area (Å²) in [6, 6.07) is 12.1. The Kier molecular flexibility index (Phi) is 8.99. The minimum absolute atomic E-state index is 0.195. The van der Waals surface area contributed by atoms with Crippen molar-refractivity contribution in [3.8, 4) is 5.75 Å². The first-order chi connectivity index (χ1) is 15.6. The summed E-state index contributed by atoms with van der Waals surface area (Å²) in [5.74, 6) is -1.78. The number of benzene rings is 2. The number of rotatable bonds is 12. The van der Waals surface area contributed by atoms with Crippen LogP contribution in [0.3, 0.4) is 0 Å². The van der Waals surface area contributed by atoms with Gasteiger partial charge in [0.05, 0.1) is 19.6 Å². The number of esters is 1. The van der Waals surface area contributed by atoms with Crippen molar-refractivity contribution < 1.29 is 29.3 Å². The van der Waals surface area contributed by atoms with Gasteiger partial charge in [-0.15, -0.1) is 0 Å². The van der Waals surface area contributed by atoms with E-state index >= 15 is 0 Å². The van der Waals surface area contributed by atoms with E-state index in [-0.39, 0.29) is 11.3 Å². The zero-order chi connectivity index (χ0) is 24.6. The van der Waals surface area contributed by atoms with Gasteiger partial charge in [-0.2, -0.15) is 0 Å². The number of hydrogen-bond donors (Lipinski definition) is 4. The molecule has 0 heterocycles. The number of anilines is 1. The molecule has 4 N–H and O–H groups in total. The normalized spacial score (nSPS) is 13.1. The van der Waals surface area contributed by atoms with E-state index < -0.39 is 41.6 Å². The Balaban J connectivity index is 2.17. The Labute approximate surface area is 194 Å². The smallest absolute Gasteiger partial charge is 0.327 e. The zero-order valence-corrected chi connectivity index (χ0v) is 19.4. The van der Waals surface area contributed by atoms with E-state index in [0.717, 1.165) is 5.56 Å². The maximum atomic E-state index is 13.3. The molecule has 2 rings (SSSR count). The lowest BCUT2D eigenvalue weighted by Crippen LogP contribution is -2.41. The zero-order valence-electron chi connectivity index (χ0n) is 19.4. The third kappa shape index (κ3) is 7.05. The number of hydrogen-bond acceptors (Lipinski definition) is 7. The number of carbonyl (C=O) groups is 3. The summed E-state index contributed by atoms with van der Waals surface area (Å²) in [6.45, 7) is 5.93. The number of aromatic hydroxyl groups is 1. The van der Waals surface area contributed by atoms with Crippen molar-refractivity contribution in [2.75, 3.05) is 19.0 Å². The van der Waals surface area contributed by atoms with Crippen molar-refractivity contribution in [1.29, 1.82) is 0 Å². The van der Waals surface area contributed by atoms with E-state index in [1.54, 1.807) is 43.3 Å². The predicted molar refractivity (Wildman–Crippen MR) is 126 cm³/mol. The summed E-state index contributed by atoms with van der Waals surface area (Å²) in [4.78, 5) is 36.5. The second kappa shape index (κ2) is 11.5. The van der Waals surface area contributed by atoms with Gasteiger partial charge in [-0.25, -0.2) is 4.79 Å². The summed E-state index contributed by atoms with van der Waals surface area (Å²) in [5.41, 5.74) is 1.09. The molecule has 0 aromatic heterocycles. The topological polar surface area (TPSA) is 125 Å². The van der Waals surface area contributed by atoms with Gasteiger partial charge in [0.2, 0.25) is 0 Å². The highest BCUT2D eigenvalue weighted by molar-refractivity contribution is 6.06. The van der Waals surface area contributed by atoms with Gasteiger partial charge < -0.3 is 25.6 Å². The van der Waals surface area contributed by atoms with Crippen LogP contribution in [0.5, 0.6) is 5.75 Å². The minimum atomic E-state index is -1.10. The molecule has 0 fully saturated rings. The molecular formula is C25H32N2O6. The second-order valence-corrected chi connectivity index (χ2v) is 8.55. The molecule has 0 aliphatic carbocycles. The Morgan fingerprint density at radius 2 is 1.70 bits per heavy atom. The number of para-hydroxylation sites is 2. The number of nitrogens with one attached hydrogen (secondary N) is 2. The second-order valence-electron chi connectivity index (χ2n) is 8.55. The van der Waals surface area contributed by atoms with Gasteiger partial charge in [-0.3, -0.25) is 9.59 Å². The molecule has 33 heavy (non-hydrogen) atoms. The minimum Gasteiger partial charge on any atom is -0.508 e. The molecule has 2 atom stereocenters. The maximum Gasteiger partial charge on any atom is 0.327 e. The summed E-state index contributed by atoms with van der Waals surface area (Å²) in [7, 11) is 1.28. The van der Waals surface area contributed by atoms with Crippen LogP contribution in [-0.4, -0.2) is 53.7 Å². The van der Waals surface area contributed by atoms with E-state index in [0.29, 0.717) is 18.7 Å². The van der Waals surface area contributed by atoms with Gasteiger partial charge in [0.15, 0.2) is 5.78 Å². The molecule has 2 aromatic carbocycles. The lowest BCUT2D eigenvalue weighted by Gasteiger charge is -2.27. The lowest BCUT2D eigenvalue weighted by molar-refractivity contribution is -0.141. The van der Waals surface area contributed by atoms with Gasteiger partial charge in [0.1, 0.15) is 11.8 Å². The van der Waals surface area contributed by atoms with Crippen molar-refractivity contribution in [3.63, 3.8) is 0 Å². The Hall–Kier alpha value is -3.39. The molecule has 8 heteroatoms. The standard InChI is InChI=1S/C25H32N2O6/c1-16(24(32)33-4)27-19-11-7-5-9-17(19)23(31)20(15-22(29)30)26-14-13-25(2,3)18-10-6-8-12-21(18)28/h5-12,16,20,26-28H,13-15H2,1-4H3,(H,29,30)/t16?,20-/m0/s1. The van der Waals surface area contributed by atoms with Gasteiger partial charge in [0.25, 0.3) is 0 Å². The molecular weight excluding hydrogens is 424 g/mol. The third-order valence-corrected chi connectivity index (χ3v) is 5.59. The molecule has 2 aromatic rings. The SMILES string of the molecule is COC(=O)C(C)Nc1ccccc1C(=O)[C@H](CC(=O)O)NCCC(C)(C)c1ccccc1O. The first-order valence-corrected chi connectivity index (χ1v) is 10.8. The van der Waals surface area contributed by atoms with Gasteiger partial charge in [-0.05, 0) is 49.1 Å². The highest BCUT2D eigenvalue weighted by Gasteiger charge is 2.28. The molecule has 0 aliphatic rings. The van der Waals surface area contributed by atoms with E-state index in [4.69, 9.17) is 4.74 Å². The predicted octanol–water partition coefficient (Wildman–Crippen LogP) is 3.35. The van der Waals surface area contributed by atoms with E-state index in [1.165, 1.54) is 7.11 Å². The molecule has 0 spiro atoms. The largest absolute Gasteiger partial charge is 0.508 e. The highest BCUT2D eigenvalue weighted by atomic mass is 16.5. The molecule has 0 amide bonds. The number of carboxylic acids is 1. The molecule has 0 bridgehead atoms. The quantitative estimate of drug-likeness (QED) is 0.283. The van der Waals surface area contributed by atoms with Crippen LogP contribution in [0.2, 0.25) is 0 Å². The van der Waals surface area contributed by atoms with Crippen LogP contribution in [0, 0.1) is 0 Å². The number of carbonyl (C=O) groups excluding carboxylic acids is 2. The summed E-state index contributed by atoms with van der Waals surface area (Å²) >= 11 is 0. The van der Waals surface area contributed by atoms with Crippen molar-refractivity contribution in [3.05, 3.63) is 59.7 Å². The van der Waals surface area contributed by atoms with Gasteiger partial charge >= 0.3 is 11.9 Å². The molecule has 0 saturated heterocycles. The lowest BCUT2D eigenvalue weighted by atomic mass is 9.81. The van der Waals surface area contributed by atoms with Crippen molar-refractivity contribution >= 4 is 23.4 Å². The number of ketones is 1. The summed E-state index contributed by atoms with van der Waals surface area (Å²) in [6.07, 6.45) is 0.171. The van der Waals surface area contributed by atoms with Crippen LogP contribution in [-0.2, 0) is 19.7 Å². The van der Waals surface area contributed by atoms with Crippen molar-refractivity contribution in [2.24, 2.45) is 0 Å². The van der Waals surface area contributed by atoms with Crippen LogP contribution in [0.15, 0.2) is 48.5 Å². The molecule has 178 valence electrons. The van der Waals surface area contributed by atoms with E-state index in [9.17, 15) is 24.6 Å². The van der Waals surface area contributed by atoms with Gasteiger partial charge in [0, 0.05) is 11.3 Å². The van der Waals surface area contributed by atoms with Crippen molar-refractivity contribution in [1.82, 2.24) is 5.32 Å². The first-order valence-electron chi connectivity index (χ1n) is 10.8. The highest BCUT2D eigenvalue weighted by Crippen LogP contribution is 2.33. The van der Waals surface area contributed by atoms with Crippen LogP contribution < -0.4 is 10.6 Å². The van der Waals surface area contributed by atoms with Gasteiger partial charge in [-0.1, -0.05) is 44.2 Å². The fourth-order valence-electron chi connectivity index (χ4n) is 3.65. The number of phenols is 1. The monoisotopic (exact) mass is 456 g/mol. The third-order valence-electron chi connectivity index (χ3n) is 5.59. The number of ether oxygens (including phenoxy) is 1. The number of phenolic OH excluding ortho intramolecular Hbond substituents is 1. The maximum absolute atomic E-state index is 13.3.